The molecular formula is C11H13ClN2O2S. The van der Waals surface area contributed by atoms with Crippen LogP contribution in [0, 0.1) is 0 Å². The lowest BCUT2D eigenvalue weighted by Crippen LogP contribution is -2.26. The lowest BCUT2D eigenvalue weighted by atomic mass is 10.2. The monoisotopic (exact) mass is 272 g/mol. The number of carboxylic acids is 1. The van der Waals surface area contributed by atoms with Gasteiger partial charge < -0.3 is 10.0 Å². The maximum absolute atomic E-state index is 10.9. The van der Waals surface area contributed by atoms with E-state index < -0.39 is 5.97 Å². The molecule has 0 radical (unpaired) electrons. The molecule has 0 atom stereocenters. The van der Waals surface area contributed by atoms with E-state index in [0.29, 0.717) is 5.82 Å². The third kappa shape index (κ3) is 3.26. The van der Waals surface area contributed by atoms with Gasteiger partial charge in [0.2, 0.25) is 0 Å². The van der Waals surface area contributed by atoms with Crippen LogP contribution >= 0.6 is 23.4 Å². The van der Waals surface area contributed by atoms with Gasteiger partial charge in [0.1, 0.15) is 11.0 Å². The lowest BCUT2D eigenvalue weighted by Gasteiger charge is -2.21. The number of nitrogens with zero attached hydrogens (tertiary/aromatic N) is 2. The van der Waals surface area contributed by atoms with Gasteiger partial charge in [0.25, 0.3) is 0 Å². The van der Waals surface area contributed by atoms with Crippen molar-refractivity contribution in [2.75, 3.05) is 29.5 Å². The molecule has 0 amide bonds. The molecule has 1 aromatic rings. The number of anilines is 1. The second-order valence-electron chi connectivity index (χ2n) is 3.79. The van der Waals surface area contributed by atoms with E-state index in [0.717, 1.165) is 31.0 Å². The number of carboxylic acid groups (broad SMARTS) is 1. The predicted molar refractivity (Wildman–Crippen MR) is 70.4 cm³/mol. The highest BCUT2D eigenvalue weighted by Gasteiger charge is 2.14. The Balaban J connectivity index is 2.27. The summed E-state index contributed by atoms with van der Waals surface area (Å²) in [7, 11) is 0. The Kier molecular flexibility index (Phi) is 4.12. The van der Waals surface area contributed by atoms with Gasteiger partial charge in [-0.3, -0.25) is 0 Å². The minimum atomic E-state index is -0.972. The number of halogens is 1. The van der Waals surface area contributed by atoms with Crippen LogP contribution < -0.4 is 4.90 Å². The second-order valence-corrected chi connectivity index (χ2v) is 5.41. The molecule has 0 saturated carbocycles. The summed E-state index contributed by atoms with van der Waals surface area (Å²) in [5, 5.41) is 9.21. The molecule has 2 heterocycles. The topological polar surface area (TPSA) is 53.4 Å². The summed E-state index contributed by atoms with van der Waals surface area (Å²) in [6.07, 6.45) is 1.08. The number of hydrogen-bond donors (Lipinski definition) is 1. The van der Waals surface area contributed by atoms with Crippen molar-refractivity contribution in [1.29, 1.82) is 0 Å². The molecule has 4 nitrogen and oxygen atoms in total. The van der Waals surface area contributed by atoms with Gasteiger partial charge in [-0.05, 0) is 24.3 Å². The second kappa shape index (κ2) is 5.60. The number of thioether (sulfide) groups is 1. The Morgan fingerprint density at radius 2 is 2.24 bits per heavy atom. The molecule has 1 aliphatic heterocycles. The van der Waals surface area contributed by atoms with Crippen LogP contribution in [0.2, 0.25) is 5.15 Å². The molecule has 1 aromatic heterocycles. The zero-order valence-electron chi connectivity index (χ0n) is 9.23. The molecule has 1 saturated heterocycles. The van der Waals surface area contributed by atoms with E-state index in [4.69, 9.17) is 16.7 Å². The molecule has 6 heteroatoms. The van der Waals surface area contributed by atoms with Gasteiger partial charge in [0.15, 0.2) is 0 Å². The first-order chi connectivity index (χ1) is 8.16. The molecule has 0 aromatic carbocycles. The normalized spacial score (nSPS) is 16.6. The number of carbonyl (C=O) groups is 1. The van der Waals surface area contributed by atoms with Crippen molar-refractivity contribution in [2.24, 2.45) is 0 Å². The molecule has 92 valence electrons. The van der Waals surface area contributed by atoms with Gasteiger partial charge >= 0.3 is 5.97 Å². The Hall–Kier alpha value is -0.940. The Morgan fingerprint density at radius 1 is 1.41 bits per heavy atom. The predicted octanol–water partition coefficient (Wildman–Crippen LogP) is 2.38. The minimum absolute atomic E-state index is 0.192. The maximum atomic E-state index is 10.9. The zero-order valence-corrected chi connectivity index (χ0v) is 10.8. The highest BCUT2D eigenvalue weighted by Crippen LogP contribution is 2.21. The van der Waals surface area contributed by atoms with Gasteiger partial charge in [-0.1, -0.05) is 11.6 Å². The third-order valence-corrected chi connectivity index (χ3v) is 3.82. The van der Waals surface area contributed by atoms with Gasteiger partial charge in [-0.15, -0.1) is 0 Å². The van der Waals surface area contributed by atoms with Gasteiger partial charge in [0.05, 0.1) is 5.56 Å². The van der Waals surface area contributed by atoms with E-state index in [1.54, 1.807) is 6.07 Å². The summed E-state index contributed by atoms with van der Waals surface area (Å²) >= 11 is 7.76. The SMILES string of the molecule is O=C(O)c1cc(Cl)nc(N2CCCSCC2)c1. The first-order valence-electron chi connectivity index (χ1n) is 5.40. The number of aromatic nitrogens is 1. The number of aromatic carboxylic acids is 1. The first kappa shape index (κ1) is 12.5. The number of hydrogen-bond acceptors (Lipinski definition) is 4. The maximum Gasteiger partial charge on any atom is 0.335 e. The minimum Gasteiger partial charge on any atom is -0.478 e. The fourth-order valence-electron chi connectivity index (χ4n) is 1.74. The van der Waals surface area contributed by atoms with Crippen molar-refractivity contribution in [3.05, 3.63) is 22.8 Å². The highest BCUT2D eigenvalue weighted by molar-refractivity contribution is 7.99. The molecular weight excluding hydrogens is 260 g/mol. The zero-order chi connectivity index (χ0) is 12.3. The van der Waals surface area contributed by atoms with Crippen LogP contribution in [0.4, 0.5) is 5.82 Å². The van der Waals surface area contributed by atoms with Crippen LogP contribution in [-0.4, -0.2) is 40.7 Å². The standard InChI is InChI=1S/C11H13ClN2O2S/c12-9-6-8(11(15)16)7-10(13-9)14-2-1-4-17-5-3-14/h6-7H,1-5H2,(H,15,16). The van der Waals surface area contributed by atoms with E-state index >= 15 is 0 Å². The van der Waals surface area contributed by atoms with Crippen LogP contribution in [0.1, 0.15) is 16.8 Å². The highest BCUT2D eigenvalue weighted by atomic mass is 35.5. The summed E-state index contributed by atoms with van der Waals surface area (Å²) < 4.78 is 0. The Bertz CT molecular complexity index is 420. The largest absolute Gasteiger partial charge is 0.478 e. The molecule has 0 aliphatic carbocycles. The molecule has 17 heavy (non-hydrogen) atoms. The van der Waals surface area contributed by atoms with Crippen molar-refractivity contribution in [3.63, 3.8) is 0 Å². The van der Waals surface area contributed by atoms with Crippen LogP contribution in [0.3, 0.4) is 0 Å². The smallest absolute Gasteiger partial charge is 0.335 e. The first-order valence-corrected chi connectivity index (χ1v) is 6.93. The van der Waals surface area contributed by atoms with Gasteiger partial charge in [0, 0.05) is 18.8 Å². The van der Waals surface area contributed by atoms with Crippen molar-refractivity contribution in [1.82, 2.24) is 4.98 Å². The third-order valence-electron chi connectivity index (χ3n) is 2.57. The quantitative estimate of drug-likeness (QED) is 0.838. The van der Waals surface area contributed by atoms with Crippen LogP contribution in [-0.2, 0) is 0 Å². The summed E-state index contributed by atoms with van der Waals surface area (Å²) in [5.74, 6) is 1.87. The van der Waals surface area contributed by atoms with Crippen molar-refractivity contribution >= 4 is 35.1 Å². The number of rotatable bonds is 2. The van der Waals surface area contributed by atoms with Crippen LogP contribution in [0.25, 0.3) is 0 Å². The van der Waals surface area contributed by atoms with E-state index in [1.807, 2.05) is 11.8 Å². The molecule has 0 bridgehead atoms. The average molecular weight is 273 g/mol. The fourth-order valence-corrected chi connectivity index (χ4v) is 2.83. The summed E-state index contributed by atoms with van der Waals surface area (Å²) in [4.78, 5) is 17.2. The van der Waals surface area contributed by atoms with Crippen LogP contribution in [0.5, 0.6) is 0 Å². The van der Waals surface area contributed by atoms with Gasteiger partial charge in [-0.25, -0.2) is 9.78 Å². The van der Waals surface area contributed by atoms with E-state index in [2.05, 4.69) is 9.88 Å². The van der Waals surface area contributed by atoms with E-state index in [1.165, 1.54) is 6.07 Å². The molecule has 0 spiro atoms. The van der Waals surface area contributed by atoms with E-state index in [9.17, 15) is 4.79 Å². The fraction of sp³-hybridized carbons (Fsp3) is 0.455. The average Bonchev–Trinajstić information content (AvgIpc) is 2.56. The molecule has 1 N–H and O–H groups in total. The summed E-state index contributed by atoms with van der Waals surface area (Å²) in [5.41, 5.74) is 0.192. The Morgan fingerprint density at radius 3 is 3.00 bits per heavy atom. The van der Waals surface area contributed by atoms with Crippen molar-refractivity contribution < 1.29 is 9.90 Å². The lowest BCUT2D eigenvalue weighted by molar-refractivity contribution is 0.0697. The summed E-state index contributed by atoms with van der Waals surface area (Å²) in [6.45, 7) is 1.79. The van der Waals surface area contributed by atoms with Crippen molar-refractivity contribution in [3.8, 4) is 0 Å². The van der Waals surface area contributed by atoms with Crippen LogP contribution in [0.15, 0.2) is 12.1 Å². The summed E-state index contributed by atoms with van der Waals surface area (Å²) in [6, 6.07) is 2.96. The van der Waals surface area contributed by atoms with Gasteiger partial charge in [-0.2, -0.15) is 11.8 Å². The molecule has 1 fully saturated rings. The molecule has 0 unspecified atom stereocenters. The van der Waals surface area contributed by atoms with Crippen molar-refractivity contribution in [2.45, 2.75) is 6.42 Å². The Labute approximate surface area is 109 Å². The molecule has 2 rings (SSSR count). The molecule has 1 aliphatic rings. The number of pyridine rings is 1. The van der Waals surface area contributed by atoms with E-state index in [-0.39, 0.29) is 10.7 Å².